The lowest BCUT2D eigenvalue weighted by molar-refractivity contribution is -0.262. The van der Waals surface area contributed by atoms with E-state index in [2.05, 4.69) is 9.80 Å². The Morgan fingerprint density at radius 1 is 0.976 bits per heavy atom. The Bertz CT molecular complexity index is 1260. The van der Waals surface area contributed by atoms with Crippen LogP contribution in [-0.2, 0) is 10.4 Å². The zero-order valence-electron chi connectivity index (χ0n) is 23.3. The molecule has 0 aromatic heterocycles. The second-order valence-corrected chi connectivity index (χ2v) is 12.1. The van der Waals surface area contributed by atoms with Gasteiger partial charge in [0, 0.05) is 70.2 Å². The Balaban J connectivity index is 1.18. The number of fused-ring (bicyclic) bond motifs is 2. The van der Waals surface area contributed by atoms with E-state index < -0.39 is 23.2 Å². The highest BCUT2D eigenvalue weighted by atomic mass is 35.5. The summed E-state index contributed by atoms with van der Waals surface area (Å²) in [5.74, 6) is -1.19. The monoisotopic (exact) mass is 592 g/mol. The predicted octanol–water partition coefficient (Wildman–Crippen LogP) is 4.38. The SMILES string of the molecule is CN(C)C(=O)c1ccc(N2[C@@H]3CC[C@H]2CN(CC2CCN(C(=O)C(O)(c4ccccc4)C(F)(F)F)CC2)C3)cc1Cl. The first-order valence-corrected chi connectivity index (χ1v) is 14.4. The van der Waals surface area contributed by atoms with E-state index in [1.165, 1.54) is 17.0 Å². The number of alkyl halides is 3. The van der Waals surface area contributed by atoms with Crippen LogP contribution in [0.25, 0.3) is 0 Å². The minimum Gasteiger partial charge on any atom is -0.369 e. The van der Waals surface area contributed by atoms with Gasteiger partial charge in [0.15, 0.2) is 0 Å². The van der Waals surface area contributed by atoms with Gasteiger partial charge in [0.1, 0.15) is 0 Å². The van der Waals surface area contributed by atoms with E-state index in [-0.39, 0.29) is 24.9 Å². The molecule has 1 unspecified atom stereocenters. The van der Waals surface area contributed by atoms with Crippen molar-refractivity contribution in [1.29, 1.82) is 0 Å². The Kier molecular flexibility index (Phi) is 8.29. The molecular weight excluding hydrogens is 557 g/mol. The van der Waals surface area contributed by atoms with Crippen LogP contribution in [0.15, 0.2) is 48.5 Å². The van der Waals surface area contributed by atoms with Crippen LogP contribution in [0.2, 0.25) is 5.02 Å². The molecule has 41 heavy (non-hydrogen) atoms. The average molecular weight is 593 g/mol. The van der Waals surface area contributed by atoms with Crippen molar-refractivity contribution in [2.75, 3.05) is 51.7 Å². The summed E-state index contributed by atoms with van der Waals surface area (Å²) in [6.07, 6.45) is -1.85. The van der Waals surface area contributed by atoms with Crippen molar-refractivity contribution < 1.29 is 27.9 Å². The first kappa shape index (κ1) is 29.7. The molecule has 0 aliphatic carbocycles. The number of amides is 2. The van der Waals surface area contributed by atoms with Crippen molar-refractivity contribution in [3.63, 3.8) is 0 Å². The van der Waals surface area contributed by atoms with Crippen LogP contribution in [0.1, 0.15) is 41.6 Å². The van der Waals surface area contributed by atoms with E-state index in [9.17, 15) is 27.9 Å². The van der Waals surface area contributed by atoms with Gasteiger partial charge >= 0.3 is 6.18 Å². The largest absolute Gasteiger partial charge is 0.430 e. The Morgan fingerprint density at radius 3 is 2.12 bits per heavy atom. The van der Waals surface area contributed by atoms with Gasteiger partial charge in [-0.3, -0.25) is 14.5 Å². The van der Waals surface area contributed by atoms with Crippen molar-refractivity contribution >= 4 is 29.1 Å². The summed E-state index contributed by atoms with van der Waals surface area (Å²) < 4.78 is 42.0. The number of nitrogens with zero attached hydrogens (tertiary/aromatic N) is 4. The summed E-state index contributed by atoms with van der Waals surface area (Å²) in [6.45, 7) is 2.92. The maximum atomic E-state index is 14.0. The van der Waals surface area contributed by atoms with Gasteiger partial charge in [-0.2, -0.15) is 13.2 Å². The Hall–Kier alpha value is -2.82. The molecule has 5 rings (SSSR count). The fraction of sp³-hybridized carbons (Fsp3) is 0.533. The fourth-order valence-electron chi connectivity index (χ4n) is 6.64. The maximum Gasteiger partial charge on any atom is 0.430 e. The second kappa shape index (κ2) is 11.5. The Labute approximate surface area is 243 Å². The highest BCUT2D eigenvalue weighted by molar-refractivity contribution is 6.34. The van der Waals surface area contributed by atoms with Gasteiger partial charge < -0.3 is 19.8 Å². The molecule has 3 atom stereocenters. The van der Waals surface area contributed by atoms with E-state index in [1.54, 1.807) is 26.2 Å². The van der Waals surface area contributed by atoms with Gasteiger partial charge in [-0.1, -0.05) is 41.9 Å². The van der Waals surface area contributed by atoms with Crippen molar-refractivity contribution in [2.45, 2.75) is 49.5 Å². The van der Waals surface area contributed by atoms with Crippen LogP contribution in [-0.4, -0.2) is 96.7 Å². The smallest absolute Gasteiger partial charge is 0.369 e. The number of hydrogen-bond acceptors (Lipinski definition) is 5. The van der Waals surface area contributed by atoms with Crippen LogP contribution in [0.5, 0.6) is 0 Å². The number of aliphatic hydroxyl groups is 1. The molecule has 1 N–H and O–H groups in total. The molecule has 2 aromatic rings. The van der Waals surface area contributed by atoms with Gasteiger partial charge in [-0.15, -0.1) is 0 Å². The molecule has 222 valence electrons. The highest BCUT2D eigenvalue weighted by Crippen LogP contribution is 2.41. The van der Waals surface area contributed by atoms with Gasteiger partial charge in [0.05, 0.1) is 10.6 Å². The molecule has 0 spiro atoms. The number of halogens is 4. The fourth-order valence-corrected chi connectivity index (χ4v) is 6.90. The lowest BCUT2D eigenvalue weighted by Crippen LogP contribution is -2.58. The summed E-state index contributed by atoms with van der Waals surface area (Å²) in [5, 5.41) is 11.1. The van der Waals surface area contributed by atoms with Gasteiger partial charge in [-0.25, -0.2) is 0 Å². The summed E-state index contributed by atoms with van der Waals surface area (Å²) in [5.41, 5.74) is -2.53. The molecule has 2 aromatic carbocycles. The highest BCUT2D eigenvalue weighted by Gasteiger charge is 2.62. The molecule has 3 heterocycles. The van der Waals surface area contributed by atoms with E-state index in [0.717, 1.165) is 55.2 Å². The number of likely N-dealkylation sites (tertiary alicyclic amines) is 2. The molecule has 11 heteroatoms. The zero-order chi connectivity index (χ0) is 29.5. The molecule has 3 aliphatic rings. The van der Waals surface area contributed by atoms with Crippen molar-refractivity contribution in [3.05, 3.63) is 64.7 Å². The van der Waals surface area contributed by atoms with Crippen molar-refractivity contribution in [2.24, 2.45) is 5.92 Å². The zero-order valence-corrected chi connectivity index (χ0v) is 24.0. The summed E-state index contributed by atoms with van der Waals surface area (Å²) in [4.78, 5) is 32.9. The summed E-state index contributed by atoms with van der Waals surface area (Å²) in [7, 11) is 3.39. The molecule has 3 saturated heterocycles. The van der Waals surface area contributed by atoms with Crippen LogP contribution in [0.4, 0.5) is 18.9 Å². The number of hydrogen-bond donors (Lipinski definition) is 1. The minimum atomic E-state index is -5.13. The van der Waals surface area contributed by atoms with Crippen LogP contribution in [0, 0.1) is 5.92 Å². The number of benzene rings is 2. The molecule has 3 fully saturated rings. The van der Waals surface area contributed by atoms with Crippen LogP contribution < -0.4 is 4.90 Å². The molecule has 0 radical (unpaired) electrons. The standard InChI is InChI=1S/C30H36ClF3N4O3/c1-35(2)27(39)25-11-10-22(16-26(25)31)38-23-8-9-24(38)19-36(18-23)17-20-12-14-37(15-13-20)28(40)29(41,30(32,33)34)21-6-4-3-5-7-21/h3-7,10-11,16,20,23-24,41H,8-9,12-15,17-19H2,1-2H3/t23-,24+,29?. The van der Waals surface area contributed by atoms with E-state index >= 15 is 0 Å². The number of piperazine rings is 1. The number of anilines is 1. The van der Waals surface area contributed by atoms with E-state index in [0.29, 0.717) is 35.5 Å². The third kappa shape index (κ3) is 5.66. The Morgan fingerprint density at radius 2 is 1.59 bits per heavy atom. The quantitative estimate of drug-likeness (QED) is 0.539. The number of carbonyl (C=O) groups excluding carboxylic acids is 2. The first-order valence-electron chi connectivity index (χ1n) is 14.1. The van der Waals surface area contributed by atoms with E-state index in [1.807, 2.05) is 12.1 Å². The van der Waals surface area contributed by atoms with Crippen molar-refractivity contribution in [1.82, 2.24) is 14.7 Å². The second-order valence-electron chi connectivity index (χ2n) is 11.7. The predicted molar refractivity (Wildman–Crippen MR) is 151 cm³/mol. The number of carbonyl (C=O) groups is 2. The van der Waals surface area contributed by atoms with Gasteiger partial charge in [-0.05, 0) is 49.8 Å². The van der Waals surface area contributed by atoms with E-state index in [4.69, 9.17) is 11.6 Å². The molecule has 2 amide bonds. The molecule has 2 bridgehead atoms. The number of piperidine rings is 1. The third-order valence-corrected chi connectivity index (χ3v) is 9.09. The molecular formula is C30H36ClF3N4O3. The molecule has 3 aliphatic heterocycles. The van der Waals surface area contributed by atoms with Gasteiger partial charge in [0.2, 0.25) is 0 Å². The van der Waals surface area contributed by atoms with Gasteiger partial charge in [0.25, 0.3) is 17.4 Å². The van der Waals surface area contributed by atoms with Crippen LogP contribution >= 0.6 is 11.6 Å². The minimum absolute atomic E-state index is 0.134. The number of rotatable bonds is 6. The summed E-state index contributed by atoms with van der Waals surface area (Å²) >= 11 is 6.49. The molecule has 7 nitrogen and oxygen atoms in total. The van der Waals surface area contributed by atoms with Crippen molar-refractivity contribution in [3.8, 4) is 0 Å². The normalized spacial score (nSPS) is 23.4. The lowest BCUT2D eigenvalue weighted by atomic mass is 9.89. The molecule has 0 saturated carbocycles. The first-order chi connectivity index (χ1) is 19.4. The maximum absolute atomic E-state index is 14.0. The lowest BCUT2D eigenvalue weighted by Gasteiger charge is -2.44. The third-order valence-electron chi connectivity index (χ3n) is 8.77. The topological polar surface area (TPSA) is 67.3 Å². The average Bonchev–Trinajstić information content (AvgIpc) is 3.21. The van der Waals surface area contributed by atoms with Crippen LogP contribution in [0.3, 0.4) is 0 Å². The summed E-state index contributed by atoms with van der Waals surface area (Å²) in [6, 6.07) is 12.8.